The van der Waals surface area contributed by atoms with E-state index in [-0.39, 0.29) is 5.91 Å². The van der Waals surface area contributed by atoms with Gasteiger partial charge in [-0.25, -0.2) is 0 Å². The molecule has 2 rings (SSSR count). The molecular formula is C13H14IN3O. The first-order valence-electron chi connectivity index (χ1n) is 5.68. The van der Waals surface area contributed by atoms with Gasteiger partial charge >= 0.3 is 0 Å². The van der Waals surface area contributed by atoms with Crippen LogP contribution in [0.1, 0.15) is 12.0 Å². The maximum atomic E-state index is 11.7. The van der Waals surface area contributed by atoms with E-state index in [1.54, 1.807) is 10.9 Å². The highest BCUT2D eigenvalue weighted by Gasteiger charge is 2.03. The fraction of sp³-hybridized carbons (Fsp3) is 0.231. The lowest BCUT2D eigenvalue weighted by Gasteiger charge is -2.05. The van der Waals surface area contributed by atoms with Crippen LogP contribution >= 0.6 is 22.6 Å². The van der Waals surface area contributed by atoms with Gasteiger partial charge < -0.3 is 5.32 Å². The van der Waals surface area contributed by atoms with Gasteiger partial charge in [-0.3, -0.25) is 9.48 Å². The smallest absolute Gasteiger partial charge is 0.226 e. The summed E-state index contributed by atoms with van der Waals surface area (Å²) in [7, 11) is 0. The third-order valence-corrected chi connectivity index (χ3v) is 3.18. The summed E-state index contributed by atoms with van der Waals surface area (Å²) in [4.78, 5) is 11.7. The van der Waals surface area contributed by atoms with Gasteiger partial charge in [-0.15, -0.1) is 0 Å². The molecule has 1 N–H and O–H groups in total. The van der Waals surface area contributed by atoms with Crippen LogP contribution in [0, 0.1) is 10.5 Å². The molecule has 94 valence electrons. The average molecular weight is 355 g/mol. The number of benzene rings is 1. The molecule has 0 unspecified atom stereocenters. The standard InChI is InChI=1S/C13H14IN3O/c1-10-8-15-17(9-10)7-6-13(18)16-12-4-2-11(14)3-5-12/h2-5,8-9H,6-7H2,1H3,(H,16,18). The van der Waals surface area contributed by atoms with Crippen molar-refractivity contribution in [2.75, 3.05) is 5.32 Å². The van der Waals surface area contributed by atoms with Crippen molar-refractivity contribution in [3.63, 3.8) is 0 Å². The number of hydrogen-bond acceptors (Lipinski definition) is 2. The molecule has 18 heavy (non-hydrogen) atoms. The van der Waals surface area contributed by atoms with Crippen molar-refractivity contribution in [1.82, 2.24) is 9.78 Å². The Morgan fingerprint density at radius 2 is 2.11 bits per heavy atom. The Kier molecular flexibility index (Phi) is 4.35. The molecule has 0 aliphatic carbocycles. The zero-order chi connectivity index (χ0) is 13.0. The molecule has 0 bridgehead atoms. The maximum Gasteiger partial charge on any atom is 0.226 e. The van der Waals surface area contributed by atoms with Crippen molar-refractivity contribution < 1.29 is 4.79 Å². The molecule has 2 aromatic rings. The van der Waals surface area contributed by atoms with Crippen LogP contribution in [0.3, 0.4) is 0 Å². The number of nitrogens with one attached hydrogen (secondary N) is 1. The SMILES string of the molecule is Cc1cnn(CCC(=O)Nc2ccc(I)cc2)c1. The molecule has 0 fully saturated rings. The van der Waals surface area contributed by atoms with Crippen LogP contribution in [0.4, 0.5) is 5.69 Å². The molecule has 1 heterocycles. The number of nitrogens with zero attached hydrogens (tertiary/aromatic N) is 2. The highest BCUT2D eigenvalue weighted by atomic mass is 127. The van der Waals surface area contributed by atoms with Crippen LogP contribution in [-0.2, 0) is 11.3 Å². The number of carbonyl (C=O) groups is 1. The lowest BCUT2D eigenvalue weighted by atomic mass is 10.3. The Balaban J connectivity index is 1.83. The van der Waals surface area contributed by atoms with E-state index in [2.05, 4.69) is 33.0 Å². The molecule has 0 aliphatic rings. The van der Waals surface area contributed by atoms with Crippen LogP contribution in [0.2, 0.25) is 0 Å². The van der Waals surface area contributed by atoms with E-state index in [9.17, 15) is 4.79 Å². The van der Waals surface area contributed by atoms with Crippen molar-refractivity contribution in [3.8, 4) is 0 Å². The van der Waals surface area contributed by atoms with Gasteiger partial charge in [0.25, 0.3) is 0 Å². The Hall–Kier alpha value is -1.37. The van der Waals surface area contributed by atoms with E-state index in [4.69, 9.17) is 0 Å². The molecule has 1 amide bonds. The van der Waals surface area contributed by atoms with Crippen LogP contribution in [0.25, 0.3) is 0 Å². The minimum Gasteiger partial charge on any atom is -0.326 e. The topological polar surface area (TPSA) is 46.9 Å². The molecule has 4 nitrogen and oxygen atoms in total. The van der Waals surface area contributed by atoms with E-state index in [0.29, 0.717) is 13.0 Å². The molecule has 1 aromatic heterocycles. The molecular weight excluding hydrogens is 341 g/mol. The predicted octanol–water partition coefficient (Wildman–Crippen LogP) is 2.82. The maximum absolute atomic E-state index is 11.7. The first-order valence-corrected chi connectivity index (χ1v) is 6.76. The quantitative estimate of drug-likeness (QED) is 0.858. The van der Waals surface area contributed by atoms with E-state index in [0.717, 1.165) is 14.8 Å². The number of hydrogen-bond donors (Lipinski definition) is 1. The van der Waals surface area contributed by atoms with E-state index in [1.165, 1.54) is 0 Å². The summed E-state index contributed by atoms with van der Waals surface area (Å²) in [6, 6.07) is 7.73. The summed E-state index contributed by atoms with van der Waals surface area (Å²) in [6.45, 7) is 2.58. The molecule has 0 aliphatic heterocycles. The Morgan fingerprint density at radius 1 is 1.39 bits per heavy atom. The first kappa shape index (κ1) is 13.1. The zero-order valence-electron chi connectivity index (χ0n) is 10.1. The van der Waals surface area contributed by atoms with Crippen LogP contribution < -0.4 is 5.32 Å². The second-order valence-corrected chi connectivity index (χ2v) is 5.33. The second-order valence-electron chi connectivity index (χ2n) is 4.09. The van der Waals surface area contributed by atoms with E-state index < -0.39 is 0 Å². The van der Waals surface area contributed by atoms with Crippen LogP contribution in [0.15, 0.2) is 36.7 Å². The minimum absolute atomic E-state index is 0.00404. The lowest BCUT2D eigenvalue weighted by Crippen LogP contribution is -2.14. The Labute approximate surface area is 120 Å². The van der Waals surface area contributed by atoms with Crippen molar-refractivity contribution in [1.29, 1.82) is 0 Å². The number of anilines is 1. The number of aryl methyl sites for hydroxylation is 2. The first-order chi connectivity index (χ1) is 8.63. The molecule has 0 spiro atoms. The van der Waals surface area contributed by atoms with Gasteiger partial charge in [0.1, 0.15) is 0 Å². The number of carbonyl (C=O) groups excluding carboxylic acids is 1. The number of amides is 1. The third-order valence-electron chi connectivity index (χ3n) is 2.46. The molecule has 1 aromatic carbocycles. The monoisotopic (exact) mass is 355 g/mol. The average Bonchev–Trinajstić information content (AvgIpc) is 2.76. The van der Waals surface area contributed by atoms with Crippen molar-refractivity contribution in [2.45, 2.75) is 19.9 Å². The Morgan fingerprint density at radius 3 is 2.72 bits per heavy atom. The number of aromatic nitrogens is 2. The Bertz CT molecular complexity index is 533. The summed E-state index contributed by atoms with van der Waals surface area (Å²) < 4.78 is 2.93. The van der Waals surface area contributed by atoms with Crippen LogP contribution in [0.5, 0.6) is 0 Å². The van der Waals surface area contributed by atoms with Gasteiger partial charge in [0.2, 0.25) is 5.91 Å². The second kappa shape index (κ2) is 5.99. The zero-order valence-corrected chi connectivity index (χ0v) is 12.2. The van der Waals surface area contributed by atoms with E-state index >= 15 is 0 Å². The minimum atomic E-state index is 0.00404. The van der Waals surface area contributed by atoms with Gasteiger partial charge in [-0.05, 0) is 59.3 Å². The summed E-state index contributed by atoms with van der Waals surface area (Å²) in [5, 5.41) is 7.00. The summed E-state index contributed by atoms with van der Waals surface area (Å²) >= 11 is 2.23. The van der Waals surface area contributed by atoms with E-state index in [1.807, 2.05) is 37.4 Å². The number of rotatable bonds is 4. The summed E-state index contributed by atoms with van der Waals surface area (Å²) in [5.74, 6) is 0.00404. The summed E-state index contributed by atoms with van der Waals surface area (Å²) in [6.07, 6.45) is 4.14. The fourth-order valence-electron chi connectivity index (χ4n) is 1.56. The normalized spacial score (nSPS) is 10.3. The van der Waals surface area contributed by atoms with Gasteiger partial charge in [0, 0.05) is 28.4 Å². The molecule has 0 radical (unpaired) electrons. The predicted molar refractivity (Wildman–Crippen MR) is 79.4 cm³/mol. The highest BCUT2D eigenvalue weighted by molar-refractivity contribution is 14.1. The lowest BCUT2D eigenvalue weighted by molar-refractivity contribution is -0.116. The molecule has 5 heteroatoms. The fourth-order valence-corrected chi connectivity index (χ4v) is 1.92. The highest BCUT2D eigenvalue weighted by Crippen LogP contribution is 2.11. The largest absolute Gasteiger partial charge is 0.326 e. The summed E-state index contributed by atoms with van der Waals surface area (Å²) in [5.41, 5.74) is 1.94. The van der Waals surface area contributed by atoms with Crippen molar-refractivity contribution in [3.05, 3.63) is 45.8 Å². The van der Waals surface area contributed by atoms with Crippen LogP contribution in [-0.4, -0.2) is 15.7 Å². The number of halogens is 1. The molecule has 0 saturated carbocycles. The van der Waals surface area contributed by atoms with Crippen molar-refractivity contribution in [2.24, 2.45) is 0 Å². The third kappa shape index (κ3) is 3.83. The van der Waals surface area contributed by atoms with Gasteiger partial charge in [0.15, 0.2) is 0 Å². The molecule has 0 atom stereocenters. The van der Waals surface area contributed by atoms with Gasteiger partial charge in [-0.1, -0.05) is 0 Å². The van der Waals surface area contributed by atoms with Gasteiger partial charge in [-0.2, -0.15) is 5.10 Å². The van der Waals surface area contributed by atoms with Gasteiger partial charge in [0.05, 0.1) is 6.20 Å². The molecule has 0 saturated heterocycles. The van der Waals surface area contributed by atoms with Crippen molar-refractivity contribution >= 4 is 34.2 Å².